The van der Waals surface area contributed by atoms with Gasteiger partial charge in [-0.25, -0.2) is 0 Å². The molecule has 0 aliphatic heterocycles. The summed E-state index contributed by atoms with van der Waals surface area (Å²) in [4.78, 5) is 11.5. The number of carbonyl (C=O) groups is 1. The SMILES string of the molecule is CCC(C)C(=O)NCCOc1ccc(C(C)C)cc1. The maximum absolute atomic E-state index is 11.5. The molecule has 1 N–H and O–H groups in total. The summed E-state index contributed by atoms with van der Waals surface area (Å²) in [7, 11) is 0. The van der Waals surface area contributed by atoms with Crippen LogP contribution in [0, 0.1) is 5.92 Å². The first kappa shape index (κ1) is 15.5. The second-order valence-electron chi connectivity index (χ2n) is 5.17. The Hall–Kier alpha value is -1.51. The molecule has 0 saturated carbocycles. The van der Waals surface area contributed by atoms with Gasteiger partial charge in [0, 0.05) is 5.92 Å². The zero-order valence-corrected chi connectivity index (χ0v) is 12.4. The lowest BCUT2D eigenvalue weighted by atomic mass is 10.0. The van der Waals surface area contributed by atoms with Crippen LogP contribution < -0.4 is 10.1 Å². The van der Waals surface area contributed by atoms with E-state index in [1.165, 1.54) is 5.56 Å². The fourth-order valence-corrected chi connectivity index (χ4v) is 1.65. The Morgan fingerprint density at radius 1 is 1.21 bits per heavy atom. The lowest BCUT2D eigenvalue weighted by Crippen LogP contribution is -2.32. The second kappa shape index (κ2) is 7.82. The van der Waals surface area contributed by atoms with Crippen molar-refractivity contribution in [2.45, 2.75) is 40.0 Å². The van der Waals surface area contributed by atoms with Crippen molar-refractivity contribution in [2.75, 3.05) is 13.2 Å². The molecule has 1 rings (SSSR count). The monoisotopic (exact) mass is 263 g/mol. The van der Waals surface area contributed by atoms with Crippen molar-refractivity contribution >= 4 is 5.91 Å². The van der Waals surface area contributed by atoms with Gasteiger partial charge >= 0.3 is 0 Å². The summed E-state index contributed by atoms with van der Waals surface area (Å²) in [5, 5.41) is 2.87. The summed E-state index contributed by atoms with van der Waals surface area (Å²) in [5.41, 5.74) is 1.30. The Balaban J connectivity index is 2.28. The summed E-state index contributed by atoms with van der Waals surface area (Å²) in [6, 6.07) is 8.12. The third-order valence-electron chi connectivity index (χ3n) is 3.28. The zero-order chi connectivity index (χ0) is 14.3. The highest BCUT2D eigenvalue weighted by Gasteiger charge is 2.08. The summed E-state index contributed by atoms with van der Waals surface area (Å²) in [6.07, 6.45) is 0.864. The normalized spacial score (nSPS) is 12.3. The van der Waals surface area contributed by atoms with Crippen LogP contribution in [0.4, 0.5) is 0 Å². The zero-order valence-electron chi connectivity index (χ0n) is 12.4. The maximum Gasteiger partial charge on any atom is 0.222 e. The van der Waals surface area contributed by atoms with Crippen molar-refractivity contribution in [1.29, 1.82) is 0 Å². The van der Waals surface area contributed by atoms with Crippen LogP contribution in [0.2, 0.25) is 0 Å². The van der Waals surface area contributed by atoms with Crippen molar-refractivity contribution in [3.8, 4) is 5.75 Å². The standard InChI is InChI=1S/C16H25NO2/c1-5-13(4)16(18)17-10-11-19-15-8-6-14(7-9-15)12(2)3/h6-9,12-13H,5,10-11H2,1-4H3,(H,17,18). The van der Waals surface area contributed by atoms with Gasteiger partial charge in [-0.05, 0) is 30.0 Å². The number of hydrogen-bond donors (Lipinski definition) is 1. The number of nitrogens with one attached hydrogen (secondary N) is 1. The molecule has 1 unspecified atom stereocenters. The van der Waals surface area contributed by atoms with Crippen LogP contribution in [0.5, 0.6) is 5.75 Å². The topological polar surface area (TPSA) is 38.3 Å². The molecule has 0 aliphatic carbocycles. The van der Waals surface area contributed by atoms with E-state index in [1.807, 2.05) is 26.0 Å². The molecule has 0 aromatic heterocycles. The molecule has 1 amide bonds. The van der Waals surface area contributed by atoms with Gasteiger partial charge in [-0.3, -0.25) is 4.79 Å². The number of benzene rings is 1. The number of amides is 1. The highest BCUT2D eigenvalue weighted by molar-refractivity contribution is 5.78. The van der Waals surface area contributed by atoms with Crippen LogP contribution in [0.25, 0.3) is 0 Å². The highest BCUT2D eigenvalue weighted by atomic mass is 16.5. The fourth-order valence-electron chi connectivity index (χ4n) is 1.65. The van der Waals surface area contributed by atoms with E-state index in [0.29, 0.717) is 19.1 Å². The quantitative estimate of drug-likeness (QED) is 0.766. The van der Waals surface area contributed by atoms with Crippen LogP contribution >= 0.6 is 0 Å². The van der Waals surface area contributed by atoms with Crippen LogP contribution in [-0.2, 0) is 4.79 Å². The van der Waals surface area contributed by atoms with Crippen LogP contribution in [0.15, 0.2) is 24.3 Å². The van der Waals surface area contributed by atoms with E-state index >= 15 is 0 Å². The predicted octanol–water partition coefficient (Wildman–Crippen LogP) is 3.35. The summed E-state index contributed by atoms with van der Waals surface area (Å²) in [5.74, 6) is 1.55. The van der Waals surface area contributed by atoms with Gasteiger partial charge < -0.3 is 10.1 Å². The van der Waals surface area contributed by atoms with Crippen molar-refractivity contribution in [2.24, 2.45) is 5.92 Å². The number of hydrogen-bond acceptors (Lipinski definition) is 2. The van der Waals surface area contributed by atoms with Gasteiger partial charge in [0.25, 0.3) is 0 Å². The van der Waals surface area contributed by atoms with Gasteiger partial charge in [0.05, 0.1) is 6.54 Å². The third-order valence-corrected chi connectivity index (χ3v) is 3.28. The van der Waals surface area contributed by atoms with Gasteiger partial charge in [0.15, 0.2) is 0 Å². The molecule has 0 radical (unpaired) electrons. The lowest BCUT2D eigenvalue weighted by molar-refractivity contribution is -0.124. The molecule has 0 aliphatic rings. The molecule has 0 saturated heterocycles. The molecule has 106 valence electrons. The number of rotatable bonds is 7. The number of carbonyl (C=O) groups excluding carboxylic acids is 1. The van der Waals surface area contributed by atoms with E-state index < -0.39 is 0 Å². The largest absolute Gasteiger partial charge is 0.492 e. The molecule has 3 nitrogen and oxygen atoms in total. The minimum absolute atomic E-state index is 0.0744. The molecule has 1 aromatic rings. The average molecular weight is 263 g/mol. The van der Waals surface area contributed by atoms with E-state index in [4.69, 9.17) is 4.74 Å². The first-order valence-electron chi connectivity index (χ1n) is 7.05. The van der Waals surface area contributed by atoms with E-state index in [1.54, 1.807) is 0 Å². The second-order valence-corrected chi connectivity index (χ2v) is 5.17. The first-order valence-corrected chi connectivity index (χ1v) is 7.05. The van der Waals surface area contributed by atoms with Crippen LogP contribution in [-0.4, -0.2) is 19.1 Å². The number of ether oxygens (including phenoxy) is 1. The Labute approximate surface area is 116 Å². The Morgan fingerprint density at radius 2 is 1.84 bits per heavy atom. The van der Waals surface area contributed by atoms with Gasteiger partial charge in [-0.15, -0.1) is 0 Å². The summed E-state index contributed by atoms with van der Waals surface area (Å²) >= 11 is 0. The van der Waals surface area contributed by atoms with Gasteiger partial charge in [0.1, 0.15) is 12.4 Å². The van der Waals surface area contributed by atoms with Crippen molar-refractivity contribution < 1.29 is 9.53 Å². The Bertz CT molecular complexity index is 384. The highest BCUT2D eigenvalue weighted by Crippen LogP contribution is 2.18. The molecule has 0 heterocycles. The van der Waals surface area contributed by atoms with Crippen molar-refractivity contribution in [3.63, 3.8) is 0 Å². The smallest absolute Gasteiger partial charge is 0.222 e. The molecular formula is C16H25NO2. The molecule has 0 bridgehead atoms. The first-order chi connectivity index (χ1) is 9.04. The minimum Gasteiger partial charge on any atom is -0.492 e. The van der Waals surface area contributed by atoms with Gasteiger partial charge in [0.2, 0.25) is 5.91 Å². The average Bonchev–Trinajstić information content (AvgIpc) is 2.42. The maximum atomic E-state index is 11.5. The van der Waals surface area contributed by atoms with Crippen molar-refractivity contribution in [3.05, 3.63) is 29.8 Å². The van der Waals surface area contributed by atoms with E-state index in [2.05, 4.69) is 31.3 Å². The Kier molecular flexibility index (Phi) is 6.40. The molecule has 3 heteroatoms. The van der Waals surface area contributed by atoms with Crippen LogP contribution in [0.3, 0.4) is 0 Å². The predicted molar refractivity (Wildman–Crippen MR) is 78.5 cm³/mol. The summed E-state index contributed by atoms with van der Waals surface area (Å²) in [6.45, 7) is 9.33. The molecule has 1 aromatic carbocycles. The molecule has 0 spiro atoms. The van der Waals surface area contributed by atoms with Gasteiger partial charge in [-0.2, -0.15) is 0 Å². The Morgan fingerprint density at radius 3 is 2.37 bits per heavy atom. The third kappa shape index (κ3) is 5.33. The van der Waals surface area contributed by atoms with Crippen molar-refractivity contribution in [1.82, 2.24) is 5.32 Å². The fraction of sp³-hybridized carbons (Fsp3) is 0.562. The summed E-state index contributed by atoms with van der Waals surface area (Å²) < 4.78 is 5.59. The minimum atomic E-state index is 0.0744. The van der Waals surface area contributed by atoms with E-state index in [9.17, 15) is 4.79 Å². The molecular weight excluding hydrogens is 238 g/mol. The molecule has 1 atom stereocenters. The molecule has 19 heavy (non-hydrogen) atoms. The molecule has 0 fully saturated rings. The van der Waals surface area contributed by atoms with E-state index in [-0.39, 0.29) is 11.8 Å². The lowest BCUT2D eigenvalue weighted by Gasteiger charge is -2.11. The van der Waals surface area contributed by atoms with E-state index in [0.717, 1.165) is 12.2 Å². The van der Waals surface area contributed by atoms with Gasteiger partial charge in [-0.1, -0.05) is 39.8 Å². The van der Waals surface area contributed by atoms with Crippen LogP contribution in [0.1, 0.15) is 45.6 Å².